The van der Waals surface area contributed by atoms with E-state index < -0.39 is 0 Å². The van der Waals surface area contributed by atoms with Gasteiger partial charge in [-0.3, -0.25) is 9.89 Å². The molecule has 0 unspecified atom stereocenters. The smallest absolute Gasteiger partial charge is 0.221 e. The first-order chi connectivity index (χ1) is 6.68. The molecule has 0 saturated heterocycles. The number of hydrogen-bond donors (Lipinski definition) is 2. The van der Waals surface area contributed by atoms with Crippen LogP contribution in [0.5, 0.6) is 0 Å². The van der Waals surface area contributed by atoms with Gasteiger partial charge in [0.15, 0.2) is 0 Å². The lowest BCUT2D eigenvalue weighted by Crippen LogP contribution is -2.05. The average Bonchev–Trinajstić information content (AvgIpc) is 2.58. The molecule has 14 heavy (non-hydrogen) atoms. The number of fused-ring (bicyclic) bond motifs is 1. The van der Waals surface area contributed by atoms with E-state index in [0.717, 1.165) is 10.9 Å². The fraction of sp³-hybridized carbons (Fsp3) is 0.111. The van der Waals surface area contributed by atoms with E-state index >= 15 is 0 Å². The number of anilines is 1. The summed E-state index contributed by atoms with van der Waals surface area (Å²) in [6.07, 6.45) is 1.63. The van der Waals surface area contributed by atoms with Crippen LogP contribution in [0.3, 0.4) is 0 Å². The van der Waals surface area contributed by atoms with Gasteiger partial charge in [0.2, 0.25) is 5.91 Å². The molecule has 0 aliphatic rings. The van der Waals surface area contributed by atoms with E-state index in [1.54, 1.807) is 18.3 Å². The molecule has 1 heterocycles. The molecule has 5 heteroatoms. The van der Waals surface area contributed by atoms with E-state index in [4.69, 9.17) is 11.6 Å². The van der Waals surface area contributed by atoms with Crippen molar-refractivity contribution in [1.82, 2.24) is 10.2 Å². The first-order valence-electron chi connectivity index (χ1n) is 4.07. The van der Waals surface area contributed by atoms with Crippen molar-refractivity contribution in [2.75, 3.05) is 5.32 Å². The van der Waals surface area contributed by atoms with Crippen molar-refractivity contribution in [3.05, 3.63) is 23.4 Å². The lowest BCUT2D eigenvalue weighted by Gasteiger charge is -2.03. The lowest BCUT2D eigenvalue weighted by atomic mass is 10.2. The standard InChI is InChI=1S/C9H8ClN3O/c1-5(14)12-8-3-2-7(10)9-6(8)4-11-13-9/h2-4H,1H3,(H,11,13)(H,12,14). The van der Waals surface area contributed by atoms with Crippen molar-refractivity contribution in [2.45, 2.75) is 6.92 Å². The molecule has 1 aromatic carbocycles. The molecule has 0 fully saturated rings. The molecule has 0 aliphatic carbocycles. The Morgan fingerprint density at radius 1 is 1.57 bits per heavy atom. The Labute approximate surface area is 85.3 Å². The average molecular weight is 210 g/mol. The predicted octanol–water partition coefficient (Wildman–Crippen LogP) is 2.17. The van der Waals surface area contributed by atoms with Crippen LogP contribution in [-0.4, -0.2) is 16.1 Å². The number of benzene rings is 1. The summed E-state index contributed by atoms with van der Waals surface area (Å²) in [4.78, 5) is 10.9. The van der Waals surface area contributed by atoms with Gasteiger partial charge >= 0.3 is 0 Å². The maximum atomic E-state index is 10.9. The quantitative estimate of drug-likeness (QED) is 0.756. The van der Waals surface area contributed by atoms with Gasteiger partial charge in [0.05, 0.1) is 22.4 Å². The van der Waals surface area contributed by atoms with Crippen molar-refractivity contribution in [3.63, 3.8) is 0 Å². The van der Waals surface area contributed by atoms with Gasteiger partial charge in [-0.05, 0) is 12.1 Å². The third-order valence-corrected chi connectivity index (χ3v) is 2.19. The van der Waals surface area contributed by atoms with E-state index in [1.807, 2.05) is 0 Å². The summed E-state index contributed by atoms with van der Waals surface area (Å²) in [5.74, 6) is -0.116. The highest BCUT2D eigenvalue weighted by atomic mass is 35.5. The third kappa shape index (κ3) is 1.44. The van der Waals surface area contributed by atoms with Gasteiger partial charge < -0.3 is 5.32 Å². The fourth-order valence-electron chi connectivity index (χ4n) is 1.30. The number of H-pyrrole nitrogens is 1. The normalized spacial score (nSPS) is 10.4. The van der Waals surface area contributed by atoms with Gasteiger partial charge in [0.1, 0.15) is 0 Å². The van der Waals surface area contributed by atoms with Gasteiger partial charge in [-0.25, -0.2) is 0 Å². The maximum absolute atomic E-state index is 10.9. The van der Waals surface area contributed by atoms with Crippen LogP contribution in [0.4, 0.5) is 5.69 Å². The molecule has 0 radical (unpaired) electrons. The van der Waals surface area contributed by atoms with Crippen LogP contribution in [0, 0.1) is 0 Å². The summed E-state index contributed by atoms with van der Waals surface area (Å²) in [6.45, 7) is 1.46. The molecule has 4 nitrogen and oxygen atoms in total. The van der Waals surface area contributed by atoms with Crippen LogP contribution >= 0.6 is 11.6 Å². The van der Waals surface area contributed by atoms with Crippen LogP contribution in [0.1, 0.15) is 6.92 Å². The van der Waals surface area contributed by atoms with E-state index in [2.05, 4.69) is 15.5 Å². The number of carbonyl (C=O) groups is 1. The van der Waals surface area contributed by atoms with Crippen molar-refractivity contribution >= 4 is 34.1 Å². The predicted molar refractivity (Wildman–Crippen MR) is 55.4 cm³/mol. The van der Waals surface area contributed by atoms with E-state index in [9.17, 15) is 4.79 Å². The highest BCUT2D eigenvalue weighted by molar-refractivity contribution is 6.35. The molecular weight excluding hydrogens is 202 g/mol. The number of rotatable bonds is 1. The maximum Gasteiger partial charge on any atom is 0.221 e. The van der Waals surface area contributed by atoms with Gasteiger partial charge in [0.25, 0.3) is 0 Å². The monoisotopic (exact) mass is 209 g/mol. The Kier molecular flexibility index (Phi) is 2.13. The molecule has 0 bridgehead atoms. The van der Waals surface area contributed by atoms with Crippen LogP contribution < -0.4 is 5.32 Å². The molecule has 0 aliphatic heterocycles. The number of aromatic amines is 1. The third-order valence-electron chi connectivity index (χ3n) is 1.88. The Bertz CT molecular complexity index is 492. The largest absolute Gasteiger partial charge is 0.326 e. The van der Waals surface area contributed by atoms with Crippen LogP contribution in [-0.2, 0) is 4.79 Å². The van der Waals surface area contributed by atoms with Crippen molar-refractivity contribution in [2.24, 2.45) is 0 Å². The summed E-state index contributed by atoms with van der Waals surface area (Å²) in [6, 6.07) is 3.47. The SMILES string of the molecule is CC(=O)Nc1ccc(Cl)c2[nH]ncc12. The molecule has 2 aromatic rings. The molecule has 0 saturated carbocycles. The highest BCUT2D eigenvalue weighted by Gasteiger charge is 2.06. The van der Waals surface area contributed by atoms with Crippen molar-refractivity contribution in [3.8, 4) is 0 Å². The van der Waals surface area contributed by atoms with Crippen LogP contribution in [0.25, 0.3) is 10.9 Å². The zero-order chi connectivity index (χ0) is 10.1. The van der Waals surface area contributed by atoms with Gasteiger partial charge in [-0.2, -0.15) is 5.10 Å². The molecule has 2 rings (SSSR count). The fourth-order valence-corrected chi connectivity index (χ4v) is 1.51. The number of aromatic nitrogens is 2. The van der Waals surface area contributed by atoms with Gasteiger partial charge in [0, 0.05) is 12.3 Å². The second kappa shape index (κ2) is 3.31. The second-order valence-electron chi connectivity index (χ2n) is 2.93. The van der Waals surface area contributed by atoms with Gasteiger partial charge in [-0.1, -0.05) is 11.6 Å². The van der Waals surface area contributed by atoms with E-state index in [-0.39, 0.29) is 5.91 Å². The zero-order valence-corrected chi connectivity index (χ0v) is 8.22. The molecule has 0 atom stereocenters. The zero-order valence-electron chi connectivity index (χ0n) is 7.47. The van der Waals surface area contributed by atoms with Gasteiger partial charge in [-0.15, -0.1) is 0 Å². The van der Waals surface area contributed by atoms with Crippen LogP contribution in [0.2, 0.25) is 5.02 Å². The van der Waals surface area contributed by atoms with Crippen LogP contribution in [0.15, 0.2) is 18.3 Å². The summed E-state index contributed by atoms with van der Waals surface area (Å²) in [5, 5.41) is 10.7. The number of amides is 1. The first kappa shape index (κ1) is 9.02. The summed E-state index contributed by atoms with van der Waals surface area (Å²) in [5.41, 5.74) is 1.45. The molecule has 72 valence electrons. The van der Waals surface area contributed by atoms with E-state index in [1.165, 1.54) is 6.92 Å². The Balaban J connectivity index is 2.60. The highest BCUT2D eigenvalue weighted by Crippen LogP contribution is 2.27. The Hall–Kier alpha value is -1.55. The number of carbonyl (C=O) groups excluding carboxylic acids is 1. The second-order valence-corrected chi connectivity index (χ2v) is 3.34. The van der Waals surface area contributed by atoms with E-state index in [0.29, 0.717) is 10.7 Å². The Morgan fingerprint density at radius 2 is 2.36 bits per heavy atom. The minimum absolute atomic E-state index is 0.116. The summed E-state index contributed by atoms with van der Waals surface area (Å²) in [7, 11) is 0. The minimum atomic E-state index is -0.116. The number of halogens is 1. The van der Waals surface area contributed by atoms with Crippen molar-refractivity contribution < 1.29 is 4.79 Å². The molecule has 2 N–H and O–H groups in total. The summed E-state index contributed by atoms with van der Waals surface area (Å²) >= 11 is 5.92. The molecular formula is C9H8ClN3O. The first-order valence-corrected chi connectivity index (χ1v) is 4.45. The minimum Gasteiger partial charge on any atom is -0.326 e. The lowest BCUT2D eigenvalue weighted by molar-refractivity contribution is -0.114. The number of nitrogens with one attached hydrogen (secondary N) is 2. The molecule has 0 spiro atoms. The molecule has 1 aromatic heterocycles. The Morgan fingerprint density at radius 3 is 3.07 bits per heavy atom. The number of hydrogen-bond acceptors (Lipinski definition) is 2. The number of nitrogens with zero attached hydrogens (tertiary/aromatic N) is 1. The van der Waals surface area contributed by atoms with Crippen molar-refractivity contribution in [1.29, 1.82) is 0 Å². The summed E-state index contributed by atoms with van der Waals surface area (Å²) < 4.78 is 0. The molecule has 1 amide bonds. The topological polar surface area (TPSA) is 57.8 Å².